The zero-order chi connectivity index (χ0) is 8.97. The van der Waals surface area contributed by atoms with Gasteiger partial charge in [-0.25, -0.2) is 0 Å². The molecule has 0 aliphatic carbocycles. The average molecular weight is 278 g/mol. The van der Waals surface area contributed by atoms with Crippen molar-refractivity contribution in [1.82, 2.24) is 9.78 Å². The van der Waals surface area contributed by atoms with E-state index in [1.54, 1.807) is 0 Å². The van der Waals surface area contributed by atoms with Crippen LogP contribution in [-0.2, 0) is 6.54 Å². The summed E-state index contributed by atoms with van der Waals surface area (Å²) in [4.78, 5) is 0. The van der Waals surface area contributed by atoms with Crippen LogP contribution in [0.25, 0.3) is 0 Å². The lowest BCUT2D eigenvalue weighted by atomic mass is 10.2. The van der Waals surface area contributed by atoms with Crippen LogP contribution < -0.4 is 0 Å². The molecule has 0 saturated heterocycles. The molecule has 1 aromatic rings. The summed E-state index contributed by atoms with van der Waals surface area (Å²) >= 11 is 2.32. The van der Waals surface area contributed by atoms with Crippen molar-refractivity contribution in [3.05, 3.63) is 15.5 Å². The highest BCUT2D eigenvalue weighted by Gasteiger charge is 2.01. The van der Waals surface area contributed by atoms with Crippen LogP contribution in [-0.4, -0.2) is 9.78 Å². The van der Waals surface area contributed by atoms with E-state index in [0.717, 1.165) is 6.54 Å². The van der Waals surface area contributed by atoms with Crippen LogP contribution in [0.4, 0.5) is 0 Å². The predicted molar refractivity (Wildman–Crippen MR) is 59.2 cm³/mol. The van der Waals surface area contributed by atoms with Crippen LogP contribution in [0.1, 0.15) is 31.9 Å². The molecular formula is C9H15IN2. The minimum atomic E-state index is 1.07. The van der Waals surface area contributed by atoms with Gasteiger partial charge in [0.1, 0.15) is 0 Å². The number of hydrogen-bond donors (Lipinski definition) is 0. The van der Waals surface area contributed by atoms with Crippen molar-refractivity contribution in [3.63, 3.8) is 0 Å². The SMILES string of the molecule is CCCCCn1ncc(I)c1C. The van der Waals surface area contributed by atoms with Gasteiger partial charge in [0.05, 0.1) is 9.77 Å². The zero-order valence-electron chi connectivity index (χ0n) is 7.68. The fourth-order valence-corrected chi connectivity index (χ4v) is 1.56. The third-order valence-electron chi connectivity index (χ3n) is 2.02. The van der Waals surface area contributed by atoms with Gasteiger partial charge in [-0.05, 0) is 35.9 Å². The molecule has 0 aliphatic heterocycles. The maximum Gasteiger partial charge on any atom is 0.0626 e. The Bertz CT molecular complexity index is 243. The molecule has 0 aliphatic rings. The van der Waals surface area contributed by atoms with E-state index in [9.17, 15) is 0 Å². The van der Waals surface area contributed by atoms with Crippen LogP contribution in [0.5, 0.6) is 0 Å². The quantitative estimate of drug-likeness (QED) is 0.611. The molecule has 0 bridgehead atoms. The summed E-state index contributed by atoms with van der Waals surface area (Å²) in [5.41, 5.74) is 1.30. The van der Waals surface area contributed by atoms with Gasteiger partial charge in [-0.15, -0.1) is 0 Å². The summed E-state index contributed by atoms with van der Waals surface area (Å²) in [6.07, 6.45) is 5.75. The van der Waals surface area contributed by atoms with Gasteiger partial charge in [-0.1, -0.05) is 19.8 Å². The first-order valence-electron chi connectivity index (χ1n) is 4.43. The van der Waals surface area contributed by atoms with Gasteiger partial charge in [0.2, 0.25) is 0 Å². The van der Waals surface area contributed by atoms with Gasteiger partial charge < -0.3 is 0 Å². The molecule has 0 fully saturated rings. The molecule has 0 aromatic carbocycles. The number of nitrogens with zero attached hydrogens (tertiary/aromatic N) is 2. The number of hydrogen-bond acceptors (Lipinski definition) is 1. The highest BCUT2D eigenvalue weighted by Crippen LogP contribution is 2.10. The van der Waals surface area contributed by atoms with Crippen LogP contribution in [0, 0.1) is 10.5 Å². The van der Waals surface area contributed by atoms with Gasteiger partial charge in [0.25, 0.3) is 0 Å². The van der Waals surface area contributed by atoms with Crippen molar-refractivity contribution in [1.29, 1.82) is 0 Å². The van der Waals surface area contributed by atoms with Crippen LogP contribution >= 0.6 is 22.6 Å². The number of unbranched alkanes of at least 4 members (excludes halogenated alkanes) is 2. The van der Waals surface area contributed by atoms with Crippen molar-refractivity contribution in [2.45, 2.75) is 39.7 Å². The minimum Gasteiger partial charge on any atom is -0.269 e. The summed E-state index contributed by atoms with van der Waals surface area (Å²) in [5, 5.41) is 4.30. The third-order valence-corrected chi connectivity index (χ3v) is 3.08. The fraction of sp³-hybridized carbons (Fsp3) is 0.667. The van der Waals surface area contributed by atoms with Crippen LogP contribution in [0.2, 0.25) is 0 Å². The Kier molecular flexibility index (Phi) is 4.05. The molecule has 0 atom stereocenters. The highest BCUT2D eigenvalue weighted by atomic mass is 127. The molecule has 0 amide bonds. The second kappa shape index (κ2) is 4.84. The van der Waals surface area contributed by atoms with Gasteiger partial charge in [-0.2, -0.15) is 5.10 Å². The summed E-state index contributed by atoms with van der Waals surface area (Å²) in [6.45, 7) is 5.42. The fourth-order valence-electron chi connectivity index (χ4n) is 1.16. The van der Waals surface area contributed by atoms with Gasteiger partial charge in [-0.3, -0.25) is 4.68 Å². The van der Waals surface area contributed by atoms with E-state index in [1.807, 2.05) is 6.20 Å². The molecule has 1 aromatic heterocycles. The molecule has 68 valence electrons. The smallest absolute Gasteiger partial charge is 0.0626 e. The molecule has 12 heavy (non-hydrogen) atoms. The van der Waals surface area contributed by atoms with Crippen LogP contribution in [0.3, 0.4) is 0 Å². The van der Waals surface area contributed by atoms with E-state index in [4.69, 9.17) is 0 Å². The summed E-state index contributed by atoms with van der Waals surface area (Å²) in [6, 6.07) is 0. The maximum atomic E-state index is 4.30. The van der Waals surface area contributed by atoms with Gasteiger partial charge in [0.15, 0.2) is 0 Å². The third kappa shape index (κ3) is 2.47. The van der Waals surface area contributed by atoms with Crippen LogP contribution in [0.15, 0.2) is 6.20 Å². The number of halogens is 1. The van der Waals surface area contributed by atoms with E-state index in [1.165, 1.54) is 28.5 Å². The lowest BCUT2D eigenvalue weighted by Gasteiger charge is -2.02. The molecule has 1 heterocycles. The van der Waals surface area contributed by atoms with E-state index in [-0.39, 0.29) is 0 Å². The highest BCUT2D eigenvalue weighted by molar-refractivity contribution is 14.1. The lowest BCUT2D eigenvalue weighted by Crippen LogP contribution is -2.02. The molecule has 1 rings (SSSR count). The van der Waals surface area contributed by atoms with Crippen molar-refractivity contribution in [2.24, 2.45) is 0 Å². The minimum absolute atomic E-state index is 1.07. The van der Waals surface area contributed by atoms with E-state index in [2.05, 4.69) is 46.2 Å². The Morgan fingerprint density at radius 1 is 1.50 bits per heavy atom. The van der Waals surface area contributed by atoms with Crippen molar-refractivity contribution in [2.75, 3.05) is 0 Å². The zero-order valence-corrected chi connectivity index (χ0v) is 9.84. The molecule has 0 unspecified atom stereocenters. The second-order valence-corrected chi connectivity index (χ2v) is 4.17. The molecular weight excluding hydrogens is 263 g/mol. The van der Waals surface area contributed by atoms with E-state index in [0.29, 0.717) is 0 Å². The molecule has 0 radical (unpaired) electrons. The van der Waals surface area contributed by atoms with Crippen molar-refractivity contribution >= 4 is 22.6 Å². The first-order valence-corrected chi connectivity index (χ1v) is 5.51. The Morgan fingerprint density at radius 2 is 2.25 bits per heavy atom. The largest absolute Gasteiger partial charge is 0.269 e. The monoisotopic (exact) mass is 278 g/mol. The summed E-state index contributed by atoms with van der Waals surface area (Å²) < 4.78 is 3.36. The lowest BCUT2D eigenvalue weighted by molar-refractivity contribution is 0.542. The molecule has 2 nitrogen and oxygen atoms in total. The first-order chi connectivity index (χ1) is 5.75. The predicted octanol–water partition coefficient (Wildman–Crippen LogP) is 2.99. The Morgan fingerprint density at radius 3 is 2.75 bits per heavy atom. The maximum absolute atomic E-state index is 4.30. The first kappa shape index (κ1) is 10.0. The number of aryl methyl sites for hydroxylation is 1. The number of aromatic nitrogens is 2. The summed E-state index contributed by atoms with van der Waals surface area (Å²) in [7, 11) is 0. The summed E-state index contributed by atoms with van der Waals surface area (Å²) in [5.74, 6) is 0. The van der Waals surface area contributed by atoms with Gasteiger partial charge >= 0.3 is 0 Å². The molecule has 0 N–H and O–H groups in total. The molecule has 3 heteroatoms. The topological polar surface area (TPSA) is 17.8 Å². The Labute approximate surface area is 87.5 Å². The normalized spacial score (nSPS) is 10.6. The Hall–Kier alpha value is -0.0600. The van der Waals surface area contributed by atoms with Gasteiger partial charge in [0, 0.05) is 12.2 Å². The average Bonchev–Trinajstić information content (AvgIpc) is 2.36. The van der Waals surface area contributed by atoms with Crippen molar-refractivity contribution < 1.29 is 0 Å². The van der Waals surface area contributed by atoms with Crippen molar-refractivity contribution in [3.8, 4) is 0 Å². The molecule has 0 saturated carbocycles. The van der Waals surface area contributed by atoms with E-state index < -0.39 is 0 Å². The van der Waals surface area contributed by atoms with E-state index >= 15 is 0 Å². The number of rotatable bonds is 4. The second-order valence-electron chi connectivity index (χ2n) is 3.01. The molecule has 0 spiro atoms. The standard InChI is InChI=1S/C9H15IN2/c1-3-4-5-6-12-8(2)9(10)7-11-12/h7H,3-6H2,1-2H3. The Balaban J connectivity index is 2.46.